The Morgan fingerprint density at radius 1 is 1.23 bits per heavy atom. The van der Waals surface area contributed by atoms with Crippen molar-refractivity contribution in [1.82, 2.24) is 9.80 Å². The third-order valence-corrected chi connectivity index (χ3v) is 5.27. The Hall–Kier alpha value is -2.38. The highest BCUT2D eigenvalue weighted by Crippen LogP contribution is 2.22. The highest BCUT2D eigenvalue weighted by atomic mass is 35.5. The van der Waals surface area contributed by atoms with Gasteiger partial charge in [0.2, 0.25) is 11.8 Å². The molecule has 0 atom stereocenters. The van der Waals surface area contributed by atoms with Crippen molar-refractivity contribution >= 4 is 46.3 Å². The number of nitrogens with zero attached hydrogens (tertiary/aromatic N) is 3. The molecule has 1 aromatic carbocycles. The minimum atomic E-state index is -0.249. The van der Waals surface area contributed by atoms with E-state index in [-0.39, 0.29) is 37.5 Å². The number of carbonyl (C=O) groups excluding carboxylic acids is 3. The molecular weight excluding hydrogens is 374 g/mol. The van der Waals surface area contributed by atoms with Crippen LogP contribution in [0, 0.1) is 0 Å². The van der Waals surface area contributed by atoms with E-state index in [2.05, 4.69) is 0 Å². The maximum Gasteiger partial charge on any atom is 0.264 e. The molecule has 26 heavy (non-hydrogen) atoms. The molecule has 0 aliphatic carbocycles. The summed E-state index contributed by atoms with van der Waals surface area (Å²) in [4.78, 5) is 42.4. The van der Waals surface area contributed by atoms with Gasteiger partial charge in [-0.05, 0) is 42.6 Å². The lowest BCUT2D eigenvalue weighted by Crippen LogP contribution is -2.42. The Morgan fingerprint density at radius 2 is 1.96 bits per heavy atom. The molecule has 1 aliphatic heterocycles. The Labute approximate surface area is 160 Å². The number of hydrogen-bond acceptors (Lipinski definition) is 4. The number of carbonyl (C=O) groups is 3. The van der Waals surface area contributed by atoms with E-state index in [1.807, 2.05) is 12.3 Å². The fourth-order valence-corrected chi connectivity index (χ4v) is 3.53. The largest absolute Gasteiger partial charge is 0.329 e. The van der Waals surface area contributed by atoms with E-state index < -0.39 is 0 Å². The average Bonchev–Trinajstić information content (AvgIpc) is 3.29. The lowest BCUT2D eigenvalue weighted by Gasteiger charge is -2.23. The summed E-state index contributed by atoms with van der Waals surface area (Å²) in [6.45, 7) is 2.38. The highest BCUT2D eigenvalue weighted by molar-refractivity contribution is 7.12. The van der Waals surface area contributed by atoms with Gasteiger partial charge in [0.25, 0.3) is 5.91 Å². The molecule has 136 valence electrons. The molecule has 0 saturated carbocycles. The van der Waals surface area contributed by atoms with Crippen LogP contribution in [-0.4, -0.2) is 53.8 Å². The lowest BCUT2D eigenvalue weighted by molar-refractivity contribution is -0.132. The molecule has 0 radical (unpaired) electrons. The first-order chi connectivity index (χ1) is 12.5. The van der Waals surface area contributed by atoms with E-state index in [4.69, 9.17) is 11.6 Å². The van der Waals surface area contributed by atoms with Gasteiger partial charge in [-0.3, -0.25) is 19.3 Å². The number of hydrogen-bond donors (Lipinski definition) is 0. The summed E-state index contributed by atoms with van der Waals surface area (Å²) in [5.41, 5.74) is 0.691. The lowest BCUT2D eigenvalue weighted by atomic mass is 10.3. The van der Waals surface area contributed by atoms with E-state index >= 15 is 0 Å². The minimum absolute atomic E-state index is 0.00616. The first-order valence-electron chi connectivity index (χ1n) is 8.16. The summed E-state index contributed by atoms with van der Waals surface area (Å²) in [5, 5.41) is 2.41. The molecule has 0 bridgehead atoms. The predicted molar refractivity (Wildman–Crippen MR) is 101 cm³/mol. The van der Waals surface area contributed by atoms with E-state index in [0.29, 0.717) is 22.1 Å². The first kappa shape index (κ1) is 18.4. The summed E-state index contributed by atoms with van der Waals surface area (Å²) >= 11 is 7.22. The number of halogens is 1. The summed E-state index contributed by atoms with van der Waals surface area (Å²) in [7, 11) is 0. The van der Waals surface area contributed by atoms with Crippen LogP contribution in [-0.2, 0) is 9.59 Å². The molecule has 1 aliphatic rings. The van der Waals surface area contributed by atoms with Gasteiger partial charge in [0.05, 0.1) is 4.88 Å². The van der Waals surface area contributed by atoms with Crippen molar-refractivity contribution in [3.05, 3.63) is 51.7 Å². The van der Waals surface area contributed by atoms with Gasteiger partial charge in [0.15, 0.2) is 0 Å². The van der Waals surface area contributed by atoms with Crippen LogP contribution in [0.2, 0.25) is 5.02 Å². The Morgan fingerprint density at radius 3 is 2.58 bits per heavy atom. The van der Waals surface area contributed by atoms with Gasteiger partial charge in [-0.2, -0.15) is 0 Å². The smallest absolute Gasteiger partial charge is 0.264 e. The van der Waals surface area contributed by atoms with Crippen molar-refractivity contribution in [2.75, 3.05) is 31.2 Å². The second-order valence-corrected chi connectivity index (χ2v) is 7.21. The van der Waals surface area contributed by atoms with E-state index in [0.717, 1.165) is 0 Å². The van der Waals surface area contributed by atoms with Crippen molar-refractivity contribution in [1.29, 1.82) is 0 Å². The monoisotopic (exact) mass is 391 g/mol. The molecule has 1 saturated heterocycles. The summed E-state index contributed by atoms with van der Waals surface area (Å²) in [5.74, 6) is -0.578. The van der Waals surface area contributed by atoms with Crippen molar-refractivity contribution in [2.24, 2.45) is 0 Å². The fraction of sp³-hybridized carbons (Fsp3) is 0.278. The topological polar surface area (TPSA) is 60.9 Å². The molecule has 2 heterocycles. The predicted octanol–water partition coefficient (Wildman–Crippen LogP) is 2.70. The van der Waals surface area contributed by atoms with Crippen LogP contribution in [0.5, 0.6) is 0 Å². The molecular formula is C18H18ClN3O3S. The van der Waals surface area contributed by atoms with Gasteiger partial charge in [0, 0.05) is 17.3 Å². The van der Waals surface area contributed by atoms with E-state index in [1.54, 1.807) is 36.4 Å². The zero-order valence-electron chi connectivity index (χ0n) is 14.2. The van der Waals surface area contributed by atoms with Crippen LogP contribution >= 0.6 is 22.9 Å². The fourth-order valence-electron chi connectivity index (χ4n) is 2.71. The quantitative estimate of drug-likeness (QED) is 0.787. The van der Waals surface area contributed by atoms with Crippen LogP contribution in [0.1, 0.15) is 16.6 Å². The molecule has 0 unspecified atom stereocenters. The summed E-state index contributed by atoms with van der Waals surface area (Å²) in [6, 6.07) is 10.4. The number of anilines is 1. The molecule has 1 aromatic heterocycles. The van der Waals surface area contributed by atoms with Gasteiger partial charge in [-0.1, -0.05) is 17.7 Å². The molecule has 0 N–H and O–H groups in total. The third-order valence-electron chi connectivity index (χ3n) is 4.16. The molecule has 0 spiro atoms. The normalized spacial score (nSPS) is 14.0. The number of benzene rings is 1. The average molecular weight is 392 g/mol. The van der Waals surface area contributed by atoms with Crippen LogP contribution < -0.4 is 4.90 Å². The van der Waals surface area contributed by atoms with Crippen molar-refractivity contribution in [2.45, 2.75) is 6.92 Å². The van der Waals surface area contributed by atoms with Crippen LogP contribution in [0.3, 0.4) is 0 Å². The van der Waals surface area contributed by atoms with Crippen LogP contribution in [0.15, 0.2) is 41.8 Å². The van der Waals surface area contributed by atoms with Gasteiger partial charge < -0.3 is 9.80 Å². The number of rotatable bonds is 5. The maximum atomic E-state index is 12.6. The zero-order valence-corrected chi connectivity index (χ0v) is 15.8. The molecule has 6 nitrogen and oxygen atoms in total. The van der Waals surface area contributed by atoms with E-state index in [1.165, 1.54) is 26.0 Å². The Bertz CT molecular complexity index is 808. The van der Waals surface area contributed by atoms with Crippen molar-refractivity contribution in [3.63, 3.8) is 0 Å². The van der Waals surface area contributed by atoms with Gasteiger partial charge in [0.1, 0.15) is 19.8 Å². The molecule has 8 heteroatoms. The standard InChI is InChI=1S/C18H18ClN3O3S/c1-2-20(18(25)15-4-3-9-26-15)10-16(23)21-11-17(24)22(12-21)14-7-5-13(19)6-8-14/h3-9H,2,10-12H2,1H3. The van der Waals surface area contributed by atoms with Crippen LogP contribution in [0.4, 0.5) is 5.69 Å². The SMILES string of the molecule is CCN(CC(=O)N1CC(=O)N(c2ccc(Cl)cc2)C1)C(=O)c1cccs1. The summed E-state index contributed by atoms with van der Waals surface area (Å²) < 4.78 is 0. The first-order valence-corrected chi connectivity index (χ1v) is 9.42. The van der Waals surface area contributed by atoms with Gasteiger partial charge >= 0.3 is 0 Å². The minimum Gasteiger partial charge on any atom is -0.329 e. The van der Waals surface area contributed by atoms with Gasteiger partial charge in [-0.25, -0.2) is 0 Å². The molecule has 1 fully saturated rings. The number of likely N-dealkylation sites (N-methyl/N-ethyl adjacent to an activating group) is 1. The number of thiophene rings is 1. The van der Waals surface area contributed by atoms with Crippen molar-refractivity contribution < 1.29 is 14.4 Å². The highest BCUT2D eigenvalue weighted by Gasteiger charge is 2.32. The molecule has 3 rings (SSSR count). The molecule has 3 amide bonds. The van der Waals surface area contributed by atoms with Crippen LogP contribution in [0.25, 0.3) is 0 Å². The number of amides is 3. The Kier molecular flexibility index (Phi) is 5.58. The van der Waals surface area contributed by atoms with Crippen molar-refractivity contribution in [3.8, 4) is 0 Å². The second-order valence-electron chi connectivity index (χ2n) is 5.83. The summed E-state index contributed by atoms with van der Waals surface area (Å²) in [6.07, 6.45) is 0. The molecule has 2 aromatic rings. The zero-order chi connectivity index (χ0) is 18.7. The maximum absolute atomic E-state index is 12.6. The second kappa shape index (κ2) is 7.88. The Balaban J connectivity index is 1.65. The van der Waals surface area contributed by atoms with E-state index in [9.17, 15) is 14.4 Å². The third kappa shape index (κ3) is 3.89. The van der Waals surface area contributed by atoms with Gasteiger partial charge in [-0.15, -0.1) is 11.3 Å².